The largest absolute Gasteiger partial charge is 0.379 e. The Bertz CT molecular complexity index is 793. The van der Waals surface area contributed by atoms with Crippen LogP contribution in [0.15, 0.2) is 64.0 Å². The third-order valence-corrected chi connectivity index (χ3v) is 6.65. The highest BCUT2D eigenvalue weighted by molar-refractivity contribution is 9.10. The Morgan fingerprint density at radius 3 is 2.36 bits per heavy atom. The number of nitrogens with one attached hydrogen (secondary N) is 1. The molecule has 7 heteroatoms. The fraction of sp³-hybridized carbons (Fsp3) is 0.333. The second-order valence-corrected chi connectivity index (χ2v) is 8.46. The molecule has 1 unspecified atom stereocenters. The first-order valence-electron chi connectivity index (χ1n) is 8.18. The SMILES string of the molecule is O=S(=O)(NC(CN1CCOCC1)c1ccccc1)c1ccccc1Br. The van der Waals surface area contributed by atoms with Gasteiger partial charge in [-0.1, -0.05) is 42.5 Å². The minimum Gasteiger partial charge on any atom is -0.379 e. The average molecular weight is 425 g/mol. The number of ether oxygens (including phenoxy) is 1. The van der Waals surface area contributed by atoms with Gasteiger partial charge >= 0.3 is 0 Å². The van der Waals surface area contributed by atoms with Crippen LogP contribution in [0.3, 0.4) is 0 Å². The van der Waals surface area contributed by atoms with Crippen molar-refractivity contribution in [3.63, 3.8) is 0 Å². The van der Waals surface area contributed by atoms with Gasteiger partial charge in [-0.05, 0) is 33.6 Å². The molecule has 0 saturated carbocycles. The van der Waals surface area contributed by atoms with Gasteiger partial charge in [0, 0.05) is 24.1 Å². The summed E-state index contributed by atoms with van der Waals surface area (Å²) in [4.78, 5) is 2.47. The number of hydrogen-bond acceptors (Lipinski definition) is 4. The molecule has 2 aromatic rings. The summed E-state index contributed by atoms with van der Waals surface area (Å²) in [6.45, 7) is 3.58. The maximum Gasteiger partial charge on any atom is 0.242 e. The molecule has 0 spiro atoms. The molecule has 1 N–H and O–H groups in total. The summed E-state index contributed by atoms with van der Waals surface area (Å²) in [6, 6.07) is 16.2. The van der Waals surface area contributed by atoms with Gasteiger partial charge in [0.05, 0.1) is 24.2 Å². The number of hydrogen-bond donors (Lipinski definition) is 1. The molecule has 1 fully saturated rings. The van der Waals surface area contributed by atoms with Crippen LogP contribution in [0.1, 0.15) is 11.6 Å². The lowest BCUT2D eigenvalue weighted by Gasteiger charge is -2.31. The minimum atomic E-state index is -3.64. The normalized spacial score (nSPS) is 17.3. The summed E-state index contributed by atoms with van der Waals surface area (Å²) in [5.74, 6) is 0. The first kappa shape index (κ1) is 18.5. The summed E-state index contributed by atoms with van der Waals surface area (Å²) in [6.07, 6.45) is 0. The molecule has 1 aliphatic heterocycles. The van der Waals surface area contributed by atoms with Gasteiger partial charge in [0.1, 0.15) is 0 Å². The summed E-state index contributed by atoms with van der Waals surface area (Å²) in [7, 11) is -3.64. The van der Waals surface area contributed by atoms with Gasteiger partial charge in [-0.2, -0.15) is 0 Å². The Hall–Kier alpha value is -1.25. The molecule has 0 aromatic heterocycles. The molecular formula is C18H21BrN2O3S. The first-order valence-corrected chi connectivity index (χ1v) is 10.5. The topological polar surface area (TPSA) is 58.6 Å². The van der Waals surface area contributed by atoms with Gasteiger partial charge in [-0.25, -0.2) is 13.1 Å². The molecule has 3 rings (SSSR count). The zero-order chi connectivity index (χ0) is 17.7. The summed E-state index contributed by atoms with van der Waals surface area (Å²) < 4.78 is 34.6. The van der Waals surface area contributed by atoms with E-state index in [9.17, 15) is 8.42 Å². The van der Waals surface area contributed by atoms with Gasteiger partial charge in [0.15, 0.2) is 0 Å². The number of sulfonamides is 1. The highest BCUT2D eigenvalue weighted by Gasteiger charge is 2.25. The van der Waals surface area contributed by atoms with Crippen LogP contribution in [0.4, 0.5) is 0 Å². The molecular weight excluding hydrogens is 404 g/mol. The van der Waals surface area contributed by atoms with Crippen molar-refractivity contribution in [2.75, 3.05) is 32.8 Å². The van der Waals surface area contributed by atoms with E-state index in [-0.39, 0.29) is 10.9 Å². The fourth-order valence-corrected chi connectivity index (χ4v) is 5.07. The molecule has 134 valence electrons. The van der Waals surface area contributed by atoms with E-state index in [1.807, 2.05) is 30.3 Å². The number of benzene rings is 2. The van der Waals surface area contributed by atoms with Gasteiger partial charge in [-0.15, -0.1) is 0 Å². The van der Waals surface area contributed by atoms with Crippen molar-refractivity contribution < 1.29 is 13.2 Å². The first-order chi connectivity index (χ1) is 12.1. The van der Waals surface area contributed by atoms with Crippen molar-refractivity contribution in [3.8, 4) is 0 Å². The molecule has 0 amide bonds. The number of morpholine rings is 1. The Labute approximate surface area is 157 Å². The van der Waals surface area contributed by atoms with Crippen molar-refractivity contribution in [2.45, 2.75) is 10.9 Å². The van der Waals surface area contributed by atoms with Gasteiger partial charge in [-0.3, -0.25) is 4.90 Å². The lowest BCUT2D eigenvalue weighted by molar-refractivity contribution is 0.0345. The van der Waals surface area contributed by atoms with E-state index in [1.54, 1.807) is 24.3 Å². The van der Waals surface area contributed by atoms with E-state index in [2.05, 4.69) is 25.6 Å². The van der Waals surface area contributed by atoms with Crippen LogP contribution in [-0.4, -0.2) is 46.2 Å². The minimum absolute atomic E-state index is 0.248. The van der Waals surface area contributed by atoms with E-state index in [4.69, 9.17) is 4.74 Å². The Morgan fingerprint density at radius 2 is 1.68 bits per heavy atom. The molecule has 25 heavy (non-hydrogen) atoms. The smallest absolute Gasteiger partial charge is 0.242 e. The van der Waals surface area contributed by atoms with Crippen molar-refractivity contribution in [1.29, 1.82) is 0 Å². The predicted octanol–water partition coefficient (Wildman–Crippen LogP) is 2.80. The van der Waals surface area contributed by atoms with Gasteiger partial charge in [0.2, 0.25) is 10.0 Å². The monoisotopic (exact) mass is 424 g/mol. The van der Waals surface area contributed by atoms with Crippen molar-refractivity contribution >= 4 is 26.0 Å². The Morgan fingerprint density at radius 1 is 1.04 bits per heavy atom. The Kier molecular flexibility index (Phi) is 6.24. The lowest BCUT2D eigenvalue weighted by Crippen LogP contribution is -2.43. The summed E-state index contributed by atoms with van der Waals surface area (Å²) in [5, 5.41) is 0. The standard InChI is InChI=1S/C18H21BrN2O3S/c19-16-8-4-5-9-18(16)25(22,23)20-17(15-6-2-1-3-7-15)14-21-10-12-24-13-11-21/h1-9,17,20H,10-14H2. The fourth-order valence-electron chi connectivity index (χ4n) is 2.85. The second kappa shape index (κ2) is 8.42. The molecule has 1 aliphatic rings. The highest BCUT2D eigenvalue weighted by Crippen LogP contribution is 2.24. The van der Waals surface area contributed by atoms with Crippen LogP contribution in [0.2, 0.25) is 0 Å². The third kappa shape index (κ3) is 4.89. The molecule has 1 heterocycles. The van der Waals surface area contributed by atoms with Crippen LogP contribution >= 0.6 is 15.9 Å². The number of halogens is 1. The molecule has 1 saturated heterocycles. The molecule has 0 bridgehead atoms. The van der Waals surface area contributed by atoms with Crippen molar-refractivity contribution in [3.05, 3.63) is 64.6 Å². The van der Waals surface area contributed by atoms with E-state index >= 15 is 0 Å². The van der Waals surface area contributed by atoms with E-state index in [1.165, 1.54) is 0 Å². The molecule has 2 aromatic carbocycles. The zero-order valence-electron chi connectivity index (χ0n) is 13.8. The third-order valence-electron chi connectivity index (χ3n) is 4.17. The predicted molar refractivity (Wildman–Crippen MR) is 101 cm³/mol. The highest BCUT2D eigenvalue weighted by atomic mass is 79.9. The second-order valence-electron chi connectivity index (χ2n) is 5.93. The molecule has 0 radical (unpaired) electrons. The molecule has 0 aliphatic carbocycles. The summed E-state index contributed by atoms with van der Waals surface area (Å²) in [5.41, 5.74) is 0.949. The van der Waals surface area contributed by atoms with E-state index in [0.717, 1.165) is 18.7 Å². The maximum absolute atomic E-state index is 12.9. The number of rotatable bonds is 6. The Balaban J connectivity index is 1.85. The molecule has 1 atom stereocenters. The maximum atomic E-state index is 12.9. The average Bonchev–Trinajstić information content (AvgIpc) is 2.63. The van der Waals surface area contributed by atoms with E-state index in [0.29, 0.717) is 24.2 Å². The van der Waals surface area contributed by atoms with Crippen LogP contribution in [0.5, 0.6) is 0 Å². The van der Waals surface area contributed by atoms with Crippen LogP contribution in [0.25, 0.3) is 0 Å². The van der Waals surface area contributed by atoms with Gasteiger partial charge in [0.25, 0.3) is 0 Å². The van der Waals surface area contributed by atoms with Crippen molar-refractivity contribution in [1.82, 2.24) is 9.62 Å². The van der Waals surface area contributed by atoms with E-state index < -0.39 is 10.0 Å². The van der Waals surface area contributed by atoms with Crippen LogP contribution in [0, 0.1) is 0 Å². The van der Waals surface area contributed by atoms with Gasteiger partial charge < -0.3 is 4.74 Å². The summed E-state index contributed by atoms with van der Waals surface area (Å²) >= 11 is 3.33. The number of nitrogens with zero attached hydrogens (tertiary/aromatic N) is 1. The van der Waals surface area contributed by atoms with Crippen molar-refractivity contribution in [2.24, 2.45) is 0 Å². The lowest BCUT2D eigenvalue weighted by atomic mass is 10.1. The quantitative estimate of drug-likeness (QED) is 0.774. The zero-order valence-corrected chi connectivity index (χ0v) is 16.2. The van der Waals surface area contributed by atoms with Crippen LogP contribution in [-0.2, 0) is 14.8 Å². The van der Waals surface area contributed by atoms with Crippen LogP contribution < -0.4 is 4.72 Å². The molecule has 5 nitrogen and oxygen atoms in total.